The first kappa shape index (κ1) is 26.9. The van der Waals surface area contributed by atoms with E-state index < -0.39 is 40.4 Å². The number of aromatic nitrogens is 2. The van der Waals surface area contributed by atoms with Crippen LogP contribution < -0.4 is 14.4 Å². The summed E-state index contributed by atoms with van der Waals surface area (Å²) in [6.07, 6.45) is -3.18. The number of carbonyl (C=O) groups excluding carboxylic acids is 1. The van der Waals surface area contributed by atoms with Gasteiger partial charge in [0, 0.05) is 25.4 Å². The summed E-state index contributed by atoms with van der Waals surface area (Å²) in [5, 5.41) is 2.58. The van der Waals surface area contributed by atoms with Gasteiger partial charge in [-0.15, -0.1) is 0 Å². The zero-order valence-corrected chi connectivity index (χ0v) is 20.0. The number of ether oxygens (including phenoxy) is 1. The smallest absolute Gasteiger partial charge is 0.433 e. The molecule has 0 radical (unpaired) electrons. The predicted octanol–water partition coefficient (Wildman–Crippen LogP) is 3.60. The standard InChI is InChI=1S/C23H22F4N4O4S/c1-14(15-6-8-19(18(24)11-15)31(2)36(33)34)21(32)29-12-16-7-9-20(23(25,26)27)30-22(16)35-13-17-5-3-4-10-28-17/h3-11,14,36H,12-13H2,1-2H3,(H,29,32). The van der Waals surface area contributed by atoms with Crippen LogP contribution in [0.25, 0.3) is 0 Å². The molecule has 1 amide bonds. The third-order valence-corrected chi connectivity index (χ3v) is 5.93. The summed E-state index contributed by atoms with van der Waals surface area (Å²) >= 11 is 0. The van der Waals surface area contributed by atoms with Crippen molar-refractivity contribution in [3.8, 4) is 5.88 Å². The maximum absolute atomic E-state index is 14.4. The van der Waals surface area contributed by atoms with Crippen LogP contribution in [0.15, 0.2) is 54.7 Å². The molecule has 0 aliphatic heterocycles. The van der Waals surface area contributed by atoms with Gasteiger partial charge in [-0.1, -0.05) is 12.1 Å². The first-order valence-electron chi connectivity index (χ1n) is 10.5. The number of nitrogens with one attached hydrogen (secondary N) is 1. The van der Waals surface area contributed by atoms with Gasteiger partial charge in [0.25, 0.3) is 0 Å². The van der Waals surface area contributed by atoms with Gasteiger partial charge in [0.2, 0.25) is 22.7 Å². The number of carbonyl (C=O) groups is 1. The molecule has 1 aromatic carbocycles. The fourth-order valence-electron chi connectivity index (χ4n) is 3.14. The third kappa shape index (κ3) is 6.68. The van der Waals surface area contributed by atoms with Crippen molar-refractivity contribution in [2.45, 2.75) is 32.2 Å². The highest BCUT2D eigenvalue weighted by Crippen LogP contribution is 2.31. The van der Waals surface area contributed by atoms with Crippen LogP contribution in [0, 0.1) is 5.82 Å². The molecule has 0 saturated heterocycles. The van der Waals surface area contributed by atoms with Gasteiger partial charge in [0.1, 0.15) is 18.1 Å². The lowest BCUT2D eigenvalue weighted by Gasteiger charge is -2.17. The molecule has 0 spiro atoms. The fourth-order valence-corrected chi connectivity index (χ4v) is 3.48. The molecule has 3 rings (SSSR count). The molecule has 8 nitrogen and oxygen atoms in total. The van der Waals surface area contributed by atoms with Gasteiger partial charge >= 0.3 is 6.18 Å². The van der Waals surface area contributed by atoms with E-state index >= 15 is 0 Å². The van der Waals surface area contributed by atoms with E-state index in [0.717, 1.165) is 22.5 Å². The molecule has 0 fully saturated rings. The molecule has 1 unspecified atom stereocenters. The summed E-state index contributed by atoms with van der Waals surface area (Å²) < 4.78 is 82.2. The van der Waals surface area contributed by atoms with E-state index in [0.29, 0.717) is 5.69 Å². The number of anilines is 1. The number of alkyl halides is 3. The number of hydrogen-bond donors (Lipinski definition) is 2. The van der Waals surface area contributed by atoms with Crippen molar-refractivity contribution in [3.63, 3.8) is 0 Å². The zero-order valence-electron chi connectivity index (χ0n) is 19.1. The van der Waals surface area contributed by atoms with Crippen molar-refractivity contribution in [2.75, 3.05) is 11.4 Å². The van der Waals surface area contributed by atoms with E-state index in [1.54, 1.807) is 18.2 Å². The number of pyridine rings is 2. The zero-order chi connectivity index (χ0) is 26.5. The van der Waals surface area contributed by atoms with Crippen LogP contribution in [-0.4, -0.2) is 31.3 Å². The Morgan fingerprint density at radius 2 is 1.92 bits per heavy atom. The third-order valence-electron chi connectivity index (χ3n) is 5.22. The Kier molecular flexibility index (Phi) is 8.45. The van der Waals surface area contributed by atoms with E-state index in [-0.39, 0.29) is 35.8 Å². The molecule has 1 N–H and O–H groups in total. The van der Waals surface area contributed by atoms with Crippen molar-refractivity contribution in [1.29, 1.82) is 0 Å². The van der Waals surface area contributed by atoms with Crippen LogP contribution >= 0.6 is 0 Å². The summed E-state index contributed by atoms with van der Waals surface area (Å²) in [5.41, 5.74) is -0.379. The molecule has 2 aromatic heterocycles. The van der Waals surface area contributed by atoms with Gasteiger partial charge in [-0.05, 0) is 48.9 Å². The minimum absolute atomic E-state index is 0.137. The number of benzene rings is 1. The normalized spacial score (nSPS) is 12.3. The summed E-state index contributed by atoms with van der Waals surface area (Å²) in [6.45, 7) is 1.17. The maximum Gasteiger partial charge on any atom is 0.433 e. The maximum atomic E-state index is 14.4. The Hall–Kier alpha value is -3.74. The molecule has 3 aromatic rings. The monoisotopic (exact) mass is 526 g/mol. The number of thiol groups is 1. The first-order valence-corrected chi connectivity index (χ1v) is 11.7. The van der Waals surface area contributed by atoms with E-state index in [9.17, 15) is 30.8 Å². The number of amides is 1. The predicted molar refractivity (Wildman–Crippen MR) is 123 cm³/mol. The van der Waals surface area contributed by atoms with E-state index in [1.807, 2.05) is 0 Å². The van der Waals surface area contributed by atoms with Gasteiger partial charge in [-0.25, -0.2) is 17.8 Å². The largest absolute Gasteiger partial charge is 0.471 e. The summed E-state index contributed by atoms with van der Waals surface area (Å²) in [7, 11) is -1.85. The summed E-state index contributed by atoms with van der Waals surface area (Å²) in [5.74, 6) is -2.53. The Bertz CT molecular complexity index is 1300. The molecule has 1 atom stereocenters. The Labute approximate surface area is 206 Å². The molecular formula is C23H22F4N4O4S. The van der Waals surface area contributed by atoms with Crippen LogP contribution in [-0.2, 0) is 35.0 Å². The molecule has 0 bridgehead atoms. The minimum Gasteiger partial charge on any atom is -0.471 e. The second-order valence-corrected chi connectivity index (χ2v) is 8.76. The molecule has 192 valence electrons. The molecule has 0 aliphatic carbocycles. The molecule has 13 heteroatoms. The quantitative estimate of drug-likeness (QED) is 0.327. The summed E-state index contributed by atoms with van der Waals surface area (Å²) in [6, 6.07) is 10.7. The Morgan fingerprint density at radius 1 is 1.17 bits per heavy atom. The molecule has 0 saturated carbocycles. The SMILES string of the molecule is CC(C(=O)NCc1ccc(C(F)(F)F)nc1OCc1ccccn1)c1ccc(N(C)[SH](=O)=O)c(F)c1. The molecule has 36 heavy (non-hydrogen) atoms. The second-order valence-electron chi connectivity index (χ2n) is 7.68. The highest BCUT2D eigenvalue weighted by Gasteiger charge is 2.33. The van der Waals surface area contributed by atoms with Gasteiger partial charge in [0.05, 0.1) is 17.3 Å². The Morgan fingerprint density at radius 3 is 2.53 bits per heavy atom. The van der Waals surface area contributed by atoms with Crippen molar-refractivity contribution >= 4 is 22.5 Å². The van der Waals surface area contributed by atoms with Crippen LogP contribution in [0.2, 0.25) is 0 Å². The van der Waals surface area contributed by atoms with Crippen LogP contribution in [0.4, 0.5) is 23.2 Å². The second kappa shape index (κ2) is 11.3. The van der Waals surface area contributed by atoms with Crippen molar-refractivity contribution in [2.24, 2.45) is 0 Å². The van der Waals surface area contributed by atoms with Crippen LogP contribution in [0.1, 0.15) is 35.4 Å². The van der Waals surface area contributed by atoms with Gasteiger partial charge in [-0.3, -0.25) is 14.1 Å². The van der Waals surface area contributed by atoms with Crippen LogP contribution in [0.3, 0.4) is 0 Å². The number of halogens is 4. The van der Waals surface area contributed by atoms with Crippen LogP contribution in [0.5, 0.6) is 5.88 Å². The lowest BCUT2D eigenvalue weighted by atomic mass is 9.99. The first-order chi connectivity index (χ1) is 17.0. The number of nitrogens with zero attached hydrogens (tertiary/aromatic N) is 3. The van der Waals surface area contributed by atoms with E-state index in [2.05, 4.69) is 15.3 Å². The lowest BCUT2D eigenvalue weighted by Crippen LogP contribution is -2.28. The van der Waals surface area contributed by atoms with Gasteiger partial charge < -0.3 is 10.1 Å². The molecule has 2 heterocycles. The topological polar surface area (TPSA) is 101 Å². The average molecular weight is 527 g/mol. The summed E-state index contributed by atoms with van der Waals surface area (Å²) in [4.78, 5) is 20.3. The number of rotatable bonds is 9. The van der Waals surface area contributed by atoms with E-state index in [1.165, 1.54) is 32.3 Å². The van der Waals surface area contributed by atoms with Gasteiger partial charge in [0.15, 0.2) is 0 Å². The van der Waals surface area contributed by atoms with Crippen molar-refractivity contribution in [3.05, 3.63) is 83.1 Å². The van der Waals surface area contributed by atoms with E-state index in [4.69, 9.17) is 4.74 Å². The fraction of sp³-hybridized carbons (Fsp3) is 0.261. The minimum atomic E-state index is -4.69. The molecule has 0 aliphatic rings. The van der Waals surface area contributed by atoms with Crippen molar-refractivity contribution in [1.82, 2.24) is 15.3 Å². The van der Waals surface area contributed by atoms with Gasteiger partial charge in [-0.2, -0.15) is 13.2 Å². The highest BCUT2D eigenvalue weighted by atomic mass is 32.2. The average Bonchev–Trinajstić information content (AvgIpc) is 2.85. The lowest BCUT2D eigenvalue weighted by molar-refractivity contribution is -0.141. The van der Waals surface area contributed by atoms with Crippen molar-refractivity contribution < 1.29 is 35.5 Å². The molecular weight excluding hydrogens is 504 g/mol. The Balaban J connectivity index is 1.74. The number of hydrogen-bond acceptors (Lipinski definition) is 6. The highest BCUT2D eigenvalue weighted by molar-refractivity contribution is 7.74.